The first-order valence-electron chi connectivity index (χ1n) is 11.9. The highest BCUT2D eigenvalue weighted by Crippen LogP contribution is 2.30. The highest BCUT2D eigenvalue weighted by Gasteiger charge is 2.36. The van der Waals surface area contributed by atoms with Gasteiger partial charge >= 0.3 is 0 Å². The van der Waals surface area contributed by atoms with E-state index in [1.54, 1.807) is 19.1 Å². The van der Waals surface area contributed by atoms with Gasteiger partial charge in [0.05, 0.1) is 19.4 Å². The van der Waals surface area contributed by atoms with Crippen LogP contribution in [-0.4, -0.2) is 55.5 Å². The van der Waals surface area contributed by atoms with Crippen LogP contribution in [0.2, 0.25) is 5.02 Å². The van der Waals surface area contributed by atoms with Gasteiger partial charge in [-0.1, -0.05) is 41.9 Å². The fraction of sp³-hybridized carbons (Fsp3) is 0.333. The minimum Gasteiger partial charge on any atom is -0.369 e. The number of hydrogen-bond acceptors (Lipinski definition) is 5. The molecule has 36 heavy (non-hydrogen) atoms. The highest BCUT2D eigenvalue weighted by atomic mass is 79.9. The number of halogens is 2. The maximum atomic E-state index is 13.6. The van der Waals surface area contributed by atoms with E-state index in [4.69, 9.17) is 11.6 Å². The molecule has 0 aliphatic carbocycles. The van der Waals surface area contributed by atoms with Gasteiger partial charge in [-0.25, -0.2) is 0 Å². The Kier molecular flexibility index (Phi) is 8.72. The van der Waals surface area contributed by atoms with Crippen molar-refractivity contribution in [3.63, 3.8) is 0 Å². The van der Waals surface area contributed by atoms with Crippen molar-refractivity contribution >= 4 is 62.1 Å². The number of anilines is 2. The van der Waals surface area contributed by atoms with Gasteiger partial charge in [0.2, 0.25) is 5.91 Å². The summed E-state index contributed by atoms with van der Waals surface area (Å²) < 4.78 is 0.854. The summed E-state index contributed by atoms with van der Waals surface area (Å²) >= 11 is 11.4. The number of carbonyl (C=O) groups is 2. The summed E-state index contributed by atoms with van der Waals surface area (Å²) in [5, 5.41) is 6.55. The molecule has 0 radical (unpaired) electrons. The Labute approximate surface area is 229 Å². The van der Waals surface area contributed by atoms with Crippen molar-refractivity contribution in [2.45, 2.75) is 25.3 Å². The Hall–Kier alpha value is -2.39. The van der Waals surface area contributed by atoms with Crippen molar-refractivity contribution in [2.24, 2.45) is 0 Å². The van der Waals surface area contributed by atoms with Crippen LogP contribution in [0.3, 0.4) is 0 Å². The number of amides is 2. The van der Waals surface area contributed by atoms with E-state index in [0.717, 1.165) is 47.6 Å². The van der Waals surface area contributed by atoms with Crippen LogP contribution in [0.1, 0.15) is 28.6 Å². The summed E-state index contributed by atoms with van der Waals surface area (Å²) in [6, 6.07) is 18.8. The van der Waals surface area contributed by atoms with Crippen LogP contribution in [0.5, 0.6) is 0 Å². The molecule has 0 spiro atoms. The molecule has 0 bridgehead atoms. The molecule has 1 aliphatic heterocycles. The van der Waals surface area contributed by atoms with Gasteiger partial charge in [0.15, 0.2) is 0 Å². The number of likely N-dealkylation sites (N-methyl/N-ethyl adjacent to an activating group) is 1. The molecule has 4 rings (SSSR count). The molecule has 1 aliphatic rings. The van der Waals surface area contributed by atoms with E-state index >= 15 is 0 Å². The highest BCUT2D eigenvalue weighted by molar-refractivity contribution is 9.11. The zero-order valence-electron chi connectivity index (χ0n) is 20.4. The molecule has 0 unspecified atom stereocenters. The van der Waals surface area contributed by atoms with Crippen molar-refractivity contribution < 1.29 is 9.59 Å². The van der Waals surface area contributed by atoms with Crippen LogP contribution in [0, 0.1) is 0 Å². The third-order valence-corrected chi connectivity index (χ3v) is 8.28. The summed E-state index contributed by atoms with van der Waals surface area (Å²) in [6.07, 6.45) is 1.41. The summed E-state index contributed by atoms with van der Waals surface area (Å²) in [4.78, 5) is 31.8. The molecule has 190 valence electrons. The zero-order valence-corrected chi connectivity index (χ0v) is 23.5. The van der Waals surface area contributed by atoms with Gasteiger partial charge in [-0.3, -0.25) is 9.59 Å². The largest absolute Gasteiger partial charge is 0.369 e. The third-order valence-electron chi connectivity index (χ3n) is 6.35. The monoisotopic (exact) mass is 588 g/mol. The SMILES string of the molecule is CN1CCCN(c2ccc(NC(=O)[C@@](C)(Cc3ccccc3)NC(=O)c3ccc(Br)s3)cc2Cl)CC1. The second-order valence-electron chi connectivity index (χ2n) is 9.32. The average molecular weight is 590 g/mol. The Morgan fingerprint density at radius 1 is 1.06 bits per heavy atom. The summed E-state index contributed by atoms with van der Waals surface area (Å²) in [6.45, 7) is 5.64. The molecule has 6 nitrogen and oxygen atoms in total. The normalized spacial score (nSPS) is 16.2. The lowest BCUT2D eigenvalue weighted by molar-refractivity contribution is -0.121. The maximum Gasteiger partial charge on any atom is 0.262 e. The minimum absolute atomic E-state index is 0.293. The van der Waals surface area contributed by atoms with Crippen molar-refractivity contribution in [1.82, 2.24) is 10.2 Å². The van der Waals surface area contributed by atoms with Gasteiger partial charge in [0.25, 0.3) is 5.91 Å². The summed E-state index contributed by atoms with van der Waals surface area (Å²) in [5.74, 6) is -0.602. The summed E-state index contributed by atoms with van der Waals surface area (Å²) in [7, 11) is 2.13. The van der Waals surface area contributed by atoms with Crippen LogP contribution in [0.4, 0.5) is 11.4 Å². The fourth-order valence-corrected chi connectivity index (χ4v) is 5.91. The van der Waals surface area contributed by atoms with Crippen LogP contribution in [0.25, 0.3) is 0 Å². The number of hydrogen-bond donors (Lipinski definition) is 2. The van der Waals surface area contributed by atoms with Gasteiger partial charge in [-0.15, -0.1) is 11.3 Å². The number of carbonyl (C=O) groups excluding carboxylic acids is 2. The van der Waals surface area contributed by atoms with Gasteiger partial charge in [0, 0.05) is 31.7 Å². The van der Waals surface area contributed by atoms with E-state index in [1.807, 2.05) is 48.5 Å². The molecule has 1 aromatic heterocycles. The lowest BCUT2D eigenvalue weighted by atomic mass is 9.91. The van der Waals surface area contributed by atoms with E-state index in [9.17, 15) is 9.59 Å². The summed E-state index contributed by atoms with van der Waals surface area (Å²) in [5.41, 5.74) is 1.32. The number of benzene rings is 2. The molecule has 2 heterocycles. The van der Waals surface area contributed by atoms with Gasteiger partial charge < -0.3 is 20.4 Å². The van der Waals surface area contributed by atoms with Gasteiger partial charge in [0.1, 0.15) is 5.54 Å². The van der Waals surface area contributed by atoms with Gasteiger partial charge in [-0.2, -0.15) is 0 Å². The minimum atomic E-state index is -1.19. The molecule has 2 aromatic carbocycles. The molecular weight excluding hydrogens is 560 g/mol. The molecule has 0 saturated carbocycles. The standard InChI is InChI=1S/C27H30BrClN4O2S/c1-27(18-19-7-4-3-5-8-19,31-25(34)23-11-12-24(28)36-23)26(35)30-20-9-10-22(21(29)17-20)33-14-6-13-32(2)15-16-33/h3-5,7-12,17H,6,13-16,18H2,1-2H3,(H,30,35)(H,31,34)/t27-/m1/s1. The van der Waals surface area contributed by atoms with E-state index in [-0.39, 0.29) is 11.8 Å². The first kappa shape index (κ1) is 26.7. The van der Waals surface area contributed by atoms with Crippen molar-refractivity contribution in [1.29, 1.82) is 0 Å². The molecule has 2 amide bonds. The number of thiophene rings is 1. The van der Waals surface area contributed by atoms with E-state index in [1.165, 1.54) is 11.3 Å². The van der Waals surface area contributed by atoms with Crippen LogP contribution < -0.4 is 15.5 Å². The molecule has 1 fully saturated rings. The Morgan fingerprint density at radius 2 is 1.83 bits per heavy atom. The Morgan fingerprint density at radius 3 is 2.53 bits per heavy atom. The average Bonchev–Trinajstić information content (AvgIpc) is 3.17. The molecule has 1 atom stereocenters. The van der Waals surface area contributed by atoms with E-state index < -0.39 is 5.54 Å². The predicted octanol–water partition coefficient (Wildman–Crippen LogP) is 5.68. The van der Waals surface area contributed by atoms with Crippen molar-refractivity contribution in [2.75, 3.05) is 43.4 Å². The number of nitrogens with one attached hydrogen (secondary N) is 2. The lowest BCUT2D eigenvalue weighted by Crippen LogP contribution is -2.56. The second-order valence-corrected chi connectivity index (χ2v) is 12.2. The van der Waals surface area contributed by atoms with Crippen molar-refractivity contribution in [3.8, 4) is 0 Å². The predicted molar refractivity (Wildman–Crippen MR) is 152 cm³/mol. The van der Waals surface area contributed by atoms with Crippen LogP contribution >= 0.6 is 38.9 Å². The number of rotatable bonds is 7. The molecular formula is C27H30BrClN4O2S. The lowest BCUT2D eigenvalue weighted by Gasteiger charge is -2.30. The Bertz CT molecular complexity index is 1220. The van der Waals surface area contributed by atoms with Gasteiger partial charge in [-0.05, 0) is 78.8 Å². The maximum absolute atomic E-state index is 13.6. The second kappa shape index (κ2) is 11.8. The topological polar surface area (TPSA) is 64.7 Å². The quantitative estimate of drug-likeness (QED) is 0.373. The van der Waals surface area contributed by atoms with Crippen LogP contribution in [-0.2, 0) is 11.2 Å². The third kappa shape index (κ3) is 6.68. The fourth-order valence-electron chi connectivity index (χ4n) is 4.33. The first-order chi connectivity index (χ1) is 17.2. The van der Waals surface area contributed by atoms with Crippen molar-refractivity contribution in [3.05, 3.63) is 79.9 Å². The van der Waals surface area contributed by atoms with E-state index in [0.29, 0.717) is 22.0 Å². The number of nitrogens with zero attached hydrogens (tertiary/aromatic N) is 2. The molecule has 1 saturated heterocycles. The molecule has 2 N–H and O–H groups in total. The first-order valence-corrected chi connectivity index (χ1v) is 13.9. The molecule has 9 heteroatoms. The zero-order chi connectivity index (χ0) is 25.7. The Balaban J connectivity index is 1.53. The van der Waals surface area contributed by atoms with E-state index in [2.05, 4.69) is 43.4 Å². The van der Waals surface area contributed by atoms with Crippen LogP contribution in [0.15, 0.2) is 64.5 Å². The molecule has 3 aromatic rings. The smallest absolute Gasteiger partial charge is 0.262 e.